The van der Waals surface area contributed by atoms with Crippen molar-refractivity contribution in [3.05, 3.63) is 0 Å². The van der Waals surface area contributed by atoms with E-state index in [1.807, 2.05) is 0 Å². The lowest BCUT2D eigenvalue weighted by atomic mass is 10.5. The summed E-state index contributed by atoms with van der Waals surface area (Å²) < 4.78 is 4.87. The van der Waals surface area contributed by atoms with Gasteiger partial charge in [-0.3, -0.25) is 5.32 Å². The van der Waals surface area contributed by atoms with Crippen molar-refractivity contribution in [2.75, 3.05) is 19.8 Å². The summed E-state index contributed by atoms with van der Waals surface area (Å²) >= 11 is 0. The minimum atomic E-state index is -0.436. The van der Waals surface area contributed by atoms with Crippen molar-refractivity contribution < 1.29 is 9.84 Å². The molecular formula is C4H9NO2. The Morgan fingerprint density at radius 1 is 1.71 bits per heavy atom. The maximum absolute atomic E-state index is 8.67. The van der Waals surface area contributed by atoms with Crippen LogP contribution >= 0.6 is 0 Å². The number of ether oxygens (including phenoxy) is 1. The molecule has 3 nitrogen and oxygen atoms in total. The molecule has 0 radical (unpaired) electrons. The summed E-state index contributed by atoms with van der Waals surface area (Å²) in [6, 6.07) is 0. The first-order valence-corrected chi connectivity index (χ1v) is 2.39. The standard InChI is InChI=1S/C4H9NO2/c6-4-3-7-2-1-5-4/h4-6H,1-3H2/t4-/m1/s1. The van der Waals surface area contributed by atoms with Gasteiger partial charge in [0.2, 0.25) is 0 Å². The van der Waals surface area contributed by atoms with Gasteiger partial charge in [-0.2, -0.15) is 0 Å². The fraction of sp³-hybridized carbons (Fsp3) is 1.00. The Morgan fingerprint density at radius 3 is 2.86 bits per heavy atom. The van der Waals surface area contributed by atoms with Crippen LogP contribution in [0, 0.1) is 0 Å². The van der Waals surface area contributed by atoms with Crippen molar-refractivity contribution in [1.29, 1.82) is 0 Å². The second-order valence-electron chi connectivity index (χ2n) is 1.54. The van der Waals surface area contributed by atoms with Crippen LogP contribution in [0.25, 0.3) is 0 Å². The third-order valence-corrected chi connectivity index (χ3v) is 0.902. The molecule has 42 valence electrons. The zero-order valence-electron chi connectivity index (χ0n) is 4.05. The van der Waals surface area contributed by atoms with E-state index in [0.717, 1.165) is 13.2 Å². The number of hydrogen-bond acceptors (Lipinski definition) is 3. The van der Waals surface area contributed by atoms with Crippen molar-refractivity contribution in [2.24, 2.45) is 0 Å². The van der Waals surface area contributed by atoms with Crippen molar-refractivity contribution in [2.45, 2.75) is 6.23 Å². The van der Waals surface area contributed by atoms with Crippen LogP contribution in [0.15, 0.2) is 0 Å². The molecule has 7 heavy (non-hydrogen) atoms. The van der Waals surface area contributed by atoms with E-state index in [1.54, 1.807) is 0 Å². The van der Waals surface area contributed by atoms with Crippen molar-refractivity contribution in [3.8, 4) is 0 Å². The van der Waals surface area contributed by atoms with Gasteiger partial charge >= 0.3 is 0 Å². The molecule has 1 atom stereocenters. The molecule has 3 heteroatoms. The molecular weight excluding hydrogens is 94.0 g/mol. The largest absolute Gasteiger partial charge is 0.376 e. The minimum Gasteiger partial charge on any atom is -0.376 e. The average Bonchev–Trinajstić information content (AvgIpc) is 1.69. The quantitative estimate of drug-likeness (QED) is 0.410. The maximum atomic E-state index is 8.67. The van der Waals surface area contributed by atoms with Crippen LogP contribution in [0.5, 0.6) is 0 Å². The number of aliphatic hydroxyl groups is 1. The van der Waals surface area contributed by atoms with Crippen LogP contribution in [0.4, 0.5) is 0 Å². The molecule has 1 aliphatic heterocycles. The summed E-state index contributed by atoms with van der Waals surface area (Å²) in [4.78, 5) is 0. The lowest BCUT2D eigenvalue weighted by Crippen LogP contribution is -2.40. The SMILES string of the molecule is O[C@@H]1COCCN1. The Bertz CT molecular complexity index is 51.7. The highest BCUT2D eigenvalue weighted by Gasteiger charge is 2.06. The predicted octanol–water partition coefficient (Wildman–Crippen LogP) is -1.08. The fourth-order valence-electron chi connectivity index (χ4n) is 0.552. The number of hydrogen-bond donors (Lipinski definition) is 2. The highest BCUT2D eigenvalue weighted by Crippen LogP contribution is 1.85. The first-order chi connectivity index (χ1) is 3.39. The molecule has 0 bridgehead atoms. The van der Waals surface area contributed by atoms with Gasteiger partial charge in [0.25, 0.3) is 0 Å². The highest BCUT2D eigenvalue weighted by atomic mass is 16.5. The predicted molar refractivity (Wildman–Crippen MR) is 24.8 cm³/mol. The van der Waals surface area contributed by atoms with E-state index in [1.165, 1.54) is 0 Å². The van der Waals surface area contributed by atoms with E-state index in [4.69, 9.17) is 9.84 Å². The van der Waals surface area contributed by atoms with Crippen LogP contribution in [0.2, 0.25) is 0 Å². The monoisotopic (exact) mass is 103 g/mol. The number of morpholine rings is 1. The molecule has 0 aromatic heterocycles. The van der Waals surface area contributed by atoms with Gasteiger partial charge in [-0.25, -0.2) is 0 Å². The molecule has 1 saturated heterocycles. The molecule has 1 fully saturated rings. The summed E-state index contributed by atoms with van der Waals surface area (Å²) in [6.45, 7) is 1.91. The minimum absolute atomic E-state index is 0.431. The summed E-state index contributed by atoms with van der Waals surface area (Å²) in [5, 5.41) is 11.5. The first-order valence-electron chi connectivity index (χ1n) is 2.39. The topological polar surface area (TPSA) is 41.5 Å². The first kappa shape index (κ1) is 5.03. The van der Waals surface area contributed by atoms with Crippen LogP contribution in [-0.2, 0) is 4.74 Å². The van der Waals surface area contributed by atoms with Gasteiger partial charge in [0.05, 0.1) is 13.2 Å². The third-order valence-electron chi connectivity index (χ3n) is 0.902. The Morgan fingerprint density at radius 2 is 2.57 bits per heavy atom. The normalized spacial score (nSPS) is 33.0. The van der Waals surface area contributed by atoms with Crippen LogP contribution < -0.4 is 5.32 Å². The number of nitrogens with one attached hydrogen (secondary N) is 1. The molecule has 0 spiro atoms. The van der Waals surface area contributed by atoms with E-state index in [9.17, 15) is 0 Å². The molecule has 0 aromatic carbocycles. The molecule has 0 unspecified atom stereocenters. The molecule has 0 aliphatic carbocycles. The molecule has 1 rings (SSSR count). The Kier molecular flexibility index (Phi) is 1.62. The molecule has 1 heterocycles. The Hall–Kier alpha value is -0.120. The molecule has 0 aromatic rings. The molecule has 2 N–H and O–H groups in total. The summed E-state index contributed by atoms with van der Waals surface area (Å²) in [5.41, 5.74) is 0. The zero-order chi connectivity index (χ0) is 5.11. The Balaban J connectivity index is 2.12. The summed E-state index contributed by atoms with van der Waals surface area (Å²) in [7, 11) is 0. The second-order valence-corrected chi connectivity index (χ2v) is 1.54. The van der Waals surface area contributed by atoms with E-state index < -0.39 is 6.23 Å². The van der Waals surface area contributed by atoms with Crippen LogP contribution in [-0.4, -0.2) is 31.1 Å². The van der Waals surface area contributed by atoms with E-state index >= 15 is 0 Å². The van der Waals surface area contributed by atoms with Crippen molar-refractivity contribution >= 4 is 0 Å². The lowest BCUT2D eigenvalue weighted by molar-refractivity contribution is -0.0161. The van der Waals surface area contributed by atoms with Crippen molar-refractivity contribution in [1.82, 2.24) is 5.32 Å². The van der Waals surface area contributed by atoms with Crippen molar-refractivity contribution in [3.63, 3.8) is 0 Å². The van der Waals surface area contributed by atoms with Gasteiger partial charge in [0, 0.05) is 6.54 Å². The third kappa shape index (κ3) is 1.43. The van der Waals surface area contributed by atoms with Gasteiger partial charge < -0.3 is 9.84 Å². The van der Waals surface area contributed by atoms with Gasteiger partial charge in [-0.15, -0.1) is 0 Å². The number of rotatable bonds is 0. The summed E-state index contributed by atoms with van der Waals surface area (Å²) in [5.74, 6) is 0. The summed E-state index contributed by atoms with van der Waals surface area (Å²) in [6.07, 6.45) is -0.436. The zero-order valence-corrected chi connectivity index (χ0v) is 4.05. The second kappa shape index (κ2) is 2.26. The van der Waals surface area contributed by atoms with Gasteiger partial charge in [0.15, 0.2) is 0 Å². The van der Waals surface area contributed by atoms with Gasteiger partial charge in [0.1, 0.15) is 6.23 Å². The van der Waals surface area contributed by atoms with Crippen LogP contribution in [0.1, 0.15) is 0 Å². The fourth-order valence-corrected chi connectivity index (χ4v) is 0.552. The van der Waals surface area contributed by atoms with E-state index in [0.29, 0.717) is 6.61 Å². The van der Waals surface area contributed by atoms with Gasteiger partial charge in [-0.05, 0) is 0 Å². The van der Waals surface area contributed by atoms with Gasteiger partial charge in [-0.1, -0.05) is 0 Å². The average molecular weight is 103 g/mol. The molecule has 0 amide bonds. The van der Waals surface area contributed by atoms with Crippen LogP contribution in [0.3, 0.4) is 0 Å². The Labute approximate surface area is 42.3 Å². The van der Waals surface area contributed by atoms with E-state index in [2.05, 4.69) is 5.32 Å². The number of aliphatic hydroxyl groups excluding tert-OH is 1. The molecule has 1 aliphatic rings. The lowest BCUT2D eigenvalue weighted by Gasteiger charge is -2.17. The van der Waals surface area contributed by atoms with E-state index in [-0.39, 0.29) is 0 Å². The highest BCUT2D eigenvalue weighted by molar-refractivity contribution is 4.55. The smallest absolute Gasteiger partial charge is 0.128 e. The molecule has 0 saturated carbocycles. The maximum Gasteiger partial charge on any atom is 0.128 e.